The molecular weight excluding hydrogens is 314 g/mol. The Kier molecular flexibility index (Phi) is 4.53. The van der Waals surface area contributed by atoms with Gasteiger partial charge in [0.25, 0.3) is 0 Å². The maximum Gasteiger partial charge on any atom is 0.156 e. The van der Waals surface area contributed by atoms with Crippen molar-refractivity contribution < 1.29 is 4.74 Å². The van der Waals surface area contributed by atoms with E-state index in [1.54, 1.807) is 7.11 Å². The SMILES string of the molecule is COCc1nc(Cl)c(I)c(C(C)C)n1. The fraction of sp³-hybridized carbons (Fsp3) is 0.556. The molecule has 0 aliphatic carbocycles. The summed E-state index contributed by atoms with van der Waals surface area (Å²) in [6, 6.07) is 0. The number of nitrogens with zero attached hydrogens (tertiary/aromatic N) is 2. The molecule has 0 radical (unpaired) electrons. The lowest BCUT2D eigenvalue weighted by molar-refractivity contribution is 0.177. The molecule has 0 aliphatic rings. The number of hydrogen-bond donors (Lipinski definition) is 0. The number of aromatic nitrogens is 2. The van der Waals surface area contributed by atoms with Gasteiger partial charge >= 0.3 is 0 Å². The van der Waals surface area contributed by atoms with Crippen LogP contribution in [0.3, 0.4) is 0 Å². The number of rotatable bonds is 3. The molecule has 14 heavy (non-hydrogen) atoms. The van der Waals surface area contributed by atoms with E-state index in [0.29, 0.717) is 23.5 Å². The van der Waals surface area contributed by atoms with Crippen molar-refractivity contribution in [2.45, 2.75) is 26.4 Å². The average Bonchev–Trinajstić information content (AvgIpc) is 2.11. The van der Waals surface area contributed by atoms with E-state index in [1.165, 1.54) is 0 Å². The van der Waals surface area contributed by atoms with Crippen molar-refractivity contribution >= 4 is 34.2 Å². The summed E-state index contributed by atoms with van der Waals surface area (Å²) in [5.41, 5.74) is 0.984. The van der Waals surface area contributed by atoms with Gasteiger partial charge in [0, 0.05) is 7.11 Å². The summed E-state index contributed by atoms with van der Waals surface area (Å²) in [6.45, 7) is 4.56. The minimum Gasteiger partial charge on any atom is -0.377 e. The standard InChI is InChI=1S/C9H12ClIN2O/c1-5(2)8-7(11)9(10)13-6(12-8)4-14-3/h5H,4H2,1-3H3. The third-order valence-electron chi connectivity index (χ3n) is 1.70. The number of halogens is 2. The van der Waals surface area contributed by atoms with E-state index in [4.69, 9.17) is 16.3 Å². The number of methoxy groups -OCH3 is 1. The van der Waals surface area contributed by atoms with Crippen LogP contribution in [0.25, 0.3) is 0 Å². The molecule has 0 unspecified atom stereocenters. The molecule has 0 fully saturated rings. The second kappa shape index (κ2) is 5.23. The second-order valence-corrected chi connectivity index (χ2v) is 4.65. The molecule has 0 aromatic carbocycles. The van der Waals surface area contributed by atoms with Crippen LogP contribution < -0.4 is 0 Å². The summed E-state index contributed by atoms with van der Waals surface area (Å²) in [7, 11) is 1.62. The van der Waals surface area contributed by atoms with Gasteiger partial charge in [-0.25, -0.2) is 9.97 Å². The van der Waals surface area contributed by atoms with E-state index in [-0.39, 0.29) is 0 Å². The lowest BCUT2D eigenvalue weighted by Crippen LogP contribution is -2.05. The van der Waals surface area contributed by atoms with Crippen LogP contribution in [0.2, 0.25) is 5.15 Å². The lowest BCUT2D eigenvalue weighted by atomic mass is 10.1. The van der Waals surface area contributed by atoms with E-state index in [0.717, 1.165) is 9.26 Å². The van der Waals surface area contributed by atoms with Crippen LogP contribution in [0.1, 0.15) is 31.3 Å². The predicted octanol–water partition coefficient (Wildman–Crippen LogP) is 3.00. The van der Waals surface area contributed by atoms with E-state index in [9.17, 15) is 0 Å². The first-order valence-corrected chi connectivity index (χ1v) is 5.72. The van der Waals surface area contributed by atoms with Crippen LogP contribution in [-0.4, -0.2) is 17.1 Å². The Bertz CT molecular complexity index is 331. The molecule has 1 heterocycles. The highest BCUT2D eigenvalue weighted by atomic mass is 127. The molecule has 0 aliphatic heterocycles. The van der Waals surface area contributed by atoms with Gasteiger partial charge in [0.05, 0.1) is 9.26 Å². The molecule has 0 bridgehead atoms. The Balaban J connectivity index is 3.14. The van der Waals surface area contributed by atoms with E-state index in [1.807, 2.05) is 0 Å². The van der Waals surface area contributed by atoms with Crippen LogP contribution in [0.4, 0.5) is 0 Å². The highest BCUT2D eigenvalue weighted by Crippen LogP contribution is 2.24. The zero-order valence-electron chi connectivity index (χ0n) is 8.34. The Morgan fingerprint density at radius 2 is 2.07 bits per heavy atom. The molecule has 0 saturated carbocycles. The molecule has 5 heteroatoms. The van der Waals surface area contributed by atoms with Gasteiger partial charge in [0.1, 0.15) is 11.8 Å². The Morgan fingerprint density at radius 3 is 2.57 bits per heavy atom. The summed E-state index contributed by atoms with van der Waals surface area (Å²) in [6.07, 6.45) is 0. The fourth-order valence-corrected chi connectivity index (χ4v) is 2.12. The first-order valence-electron chi connectivity index (χ1n) is 4.27. The molecule has 0 amide bonds. The van der Waals surface area contributed by atoms with Crippen molar-refractivity contribution in [2.75, 3.05) is 7.11 Å². The molecule has 0 N–H and O–H groups in total. The largest absolute Gasteiger partial charge is 0.377 e. The normalized spacial score (nSPS) is 11.0. The molecular formula is C9H12ClIN2O. The third kappa shape index (κ3) is 2.77. The average molecular weight is 327 g/mol. The fourth-order valence-electron chi connectivity index (χ4n) is 1.06. The molecule has 1 aromatic rings. The smallest absolute Gasteiger partial charge is 0.156 e. The summed E-state index contributed by atoms with van der Waals surface area (Å²) < 4.78 is 5.90. The summed E-state index contributed by atoms with van der Waals surface area (Å²) in [5, 5.41) is 0.511. The maximum absolute atomic E-state index is 5.98. The van der Waals surface area contributed by atoms with Crippen molar-refractivity contribution in [3.05, 3.63) is 20.2 Å². The van der Waals surface area contributed by atoms with Crippen molar-refractivity contribution in [3.8, 4) is 0 Å². The topological polar surface area (TPSA) is 35.0 Å². The van der Waals surface area contributed by atoms with Crippen LogP contribution >= 0.6 is 34.2 Å². The van der Waals surface area contributed by atoms with Gasteiger partial charge in [0.2, 0.25) is 0 Å². The van der Waals surface area contributed by atoms with E-state index < -0.39 is 0 Å². The minimum atomic E-state index is 0.345. The van der Waals surface area contributed by atoms with Crippen molar-refractivity contribution in [1.82, 2.24) is 9.97 Å². The monoisotopic (exact) mass is 326 g/mol. The zero-order valence-corrected chi connectivity index (χ0v) is 11.3. The molecule has 1 rings (SSSR count). The van der Waals surface area contributed by atoms with Crippen molar-refractivity contribution in [2.24, 2.45) is 0 Å². The second-order valence-electron chi connectivity index (χ2n) is 3.22. The molecule has 78 valence electrons. The molecule has 0 atom stereocenters. The van der Waals surface area contributed by atoms with E-state index >= 15 is 0 Å². The van der Waals surface area contributed by atoms with Crippen LogP contribution in [0.5, 0.6) is 0 Å². The Hall–Kier alpha value is 0.0600. The van der Waals surface area contributed by atoms with Crippen LogP contribution in [-0.2, 0) is 11.3 Å². The quantitative estimate of drug-likeness (QED) is 0.633. The van der Waals surface area contributed by atoms with Crippen molar-refractivity contribution in [1.29, 1.82) is 0 Å². The highest BCUT2D eigenvalue weighted by molar-refractivity contribution is 14.1. The number of ether oxygens (including phenoxy) is 1. The highest BCUT2D eigenvalue weighted by Gasteiger charge is 2.13. The van der Waals surface area contributed by atoms with Gasteiger partial charge < -0.3 is 4.74 Å². The van der Waals surface area contributed by atoms with Gasteiger partial charge in [-0.15, -0.1) is 0 Å². The Morgan fingerprint density at radius 1 is 1.43 bits per heavy atom. The first-order chi connectivity index (χ1) is 6.56. The summed E-state index contributed by atoms with van der Waals surface area (Å²) >= 11 is 8.15. The Labute approximate surface area is 102 Å². The van der Waals surface area contributed by atoms with Crippen LogP contribution in [0.15, 0.2) is 0 Å². The van der Waals surface area contributed by atoms with Gasteiger partial charge in [-0.05, 0) is 28.5 Å². The predicted molar refractivity (Wildman–Crippen MR) is 64.6 cm³/mol. The first kappa shape index (κ1) is 12.1. The molecule has 3 nitrogen and oxygen atoms in total. The summed E-state index contributed by atoms with van der Waals surface area (Å²) in [4.78, 5) is 8.52. The maximum atomic E-state index is 5.98. The van der Waals surface area contributed by atoms with Crippen LogP contribution in [0, 0.1) is 3.57 Å². The summed E-state index contributed by atoms with van der Waals surface area (Å²) in [5.74, 6) is 0.986. The minimum absolute atomic E-state index is 0.345. The zero-order chi connectivity index (χ0) is 10.7. The van der Waals surface area contributed by atoms with Crippen molar-refractivity contribution in [3.63, 3.8) is 0 Å². The van der Waals surface area contributed by atoms with Gasteiger partial charge in [-0.2, -0.15) is 0 Å². The molecule has 0 spiro atoms. The molecule has 1 aromatic heterocycles. The molecule has 0 saturated heterocycles. The third-order valence-corrected chi connectivity index (χ3v) is 3.36. The van der Waals surface area contributed by atoms with Gasteiger partial charge in [-0.1, -0.05) is 25.4 Å². The number of hydrogen-bond acceptors (Lipinski definition) is 3. The van der Waals surface area contributed by atoms with E-state index in [2.05, 4.69) is 46.4 Å². The van der Waals surface area contributed by atoms with Gasteiger partial charge in [0.15, 0.2) is 5.82 Å². The van der Waals surface area contributed by atoms with Gasteiger partial charge in [-0.3, -0.25) is 0 Å². The lowest BCUT2D eigenvalue weighted by Gasteiger charge is -2.10.